The second kappa shape index (κ2) is 6.82. The first-order chi connectivity index (χ1) is 10.1. The van der Waals surface area contributed by atoms with Crippen LogP contribution in [0.15, 0.2) is 30.3 Å². The van der Waals surface area contributed by atoms with Crippen molar-refractivity contribution >= 4 is 21.8 Å². The Morgan fingerprint density at radius 2 is 1.68 bits per heavy atom. The highest BCUT2D eigenvalue weighted by molar-refractivity contribution is 7.87. The van der Waals surface area contributed by atoms with Crippen LogP contribution in [0.2, 0.25) is 0 Å². The average molecular weight is 338 g/mol. The van der Waals surface area contributed by atoms with Crippen molar-refractivity contribution in [1.82, 2.24) is 0 Å². The lowest BCUT2D eigenvalue weighted by Crippen LogP contribution is -2.25. The lowest BCUT2D eigenvalue weighted by atomic mass is 10.1. The Morgan fingerprint density at radius 1 is 1.18 bits per heavy atom. The van der Waals surface area contributed by atoms with Gasteiger partial charge in [-0.25, -0.2) is 4.79 Å². The maximum atomic E-state index is 12.3. The minimum atomic E-state index is -5.75. The van der Waals surface area contributed by atoms with Crippen LogP contribution in [0.25, 0.3) is 5.76 Å². The molecule has 0 unspecified atom stereocenters. The fraction of sp³-hybridized carbons (Fsp3) is 0.308. The third-order valence-electron chi connectivity index (χ3n) is 2.43. The SMILES string of the molecule is C/C=C(/OS(=O)(=O)C(F)(F)F)c1ccc(C(=O)OCC)cc1. The summed E-state index contributed by atoms with van der Waals surface area (Å²) in [7, 11) is -5.75. The van der Waals surface area contributed by atoms with Crippen LogP contribution in [0, 0.1) is 0 Å². The average Bonchev–Trinajstić information content (AvgIpc) is 2.44. The summed E-state index contributed by atoms with van der Waals surface area (Å²) in [4.78, 5) is 11.4. The Hall–Kier alpha value is -2.03. The van der Waals surface area contributed by atoms with Crippen LogP contribution in [0.5, 0.6) is 0 Å². The standard InChI is InChI=1S/C13H13F3O5S/c1-3-11(21-22(18,19)13(14,15)16)9-5-7-10(8-6-9)12(17)20-4-2/h3,5-8H,4H2,1-2H3/b11-3+. The van der Waals surface area contributed by atoms with Crippen molar-refractivity contribution in [3.63, 3.8) is 0 Å². The van der Waals surface area contributed by atoms with E-state index in [-0.39, 0.29) is 17.7 Å². The normalized spacial score (nSPS) is 12.9. The monoisotopic (exact) mass is 338 g/mol. The zero-order valence-corrected chi connectivity index (χ0v) is 12.5. The molecule has 0 amide bonds. The third-order valence-corrected chi connectivity index (χ3v) is 3.39. The molecule has 0 atom stereocenters. The Kier molecular flexibility index (Phi) is 5.59. The first-order valence-corrected chi connectivity index (χ1v) is 7.47. The summed E-state index contributed by atoms with van der Waals surface area (Å²) in [6, 6.07) is 5.10. The molecule has 0 spiro atoms. The van der Waals surface area contributed by atoms with Gasteiger partial charge in [0.05, 0.1) is 12.2 Å². The Bertz CT molecular complexity index is 660. The predicted octanol–water partition coefficient (Wildman–Crippen LogP) is 3.09. The Balaban J connectivity index is 3.01. The third kappa shape index (κ3) is 4.23. The number of allylic oxidation sites excluding steroid dienone is 1. The van der Waals surface area contributed by atoms with Crippen molar-refractivity contribution in [1.29, 1.82) is 0 Å². The first-order valence-electron chi connectivity index (χ1n) is 6.07. The molecule has 0 bridgehead atoms. The van der Waals surface area contributed by atoms with Gasteiger partial charge in [-0.05, 0) is 32.1 Å². The summed E-state index contributed by atoms with van der Waals surface area (Å²) in [5, 5.41) is 0. The van der Waals surface area contributed by atoms with Crippen LogP contribution < -0.4 is 0 Å². The van der Waals surface area contributed by atoms with Crippen molar-refractivity contribution in [3.05, 3.63) is 41.5 Å². The molecule has 0 saturated carbocycles. The van der Waals surface area contributed by atoms with E-state index in [0.717, 1.165) is 6.08 Å². The van der Waals surface area contributed by atoms with E-state index in [1.54, 1.807) is 6.92 Å². The van der Waals surface area contributed by atoms with E-state index < -0.39 is 27.4 Å². The van der Waals surface area contributed by atoms with E-state index in [1.807, 2.05) is 0 Å². The van der Waals surface area contributed by atoms with Gasteiger partial charge in [-0.2, -0.15) is 21.6 Å². The molecule has 0 aliphatic heterocycles. The highest BCUT2D eigenvalue weighted by Gasteiger charge is 2.48. The van der Waals surface area contributed by atoms with E-state index in [9.17, 15) is 26.4 Å². The highest BCUT2D eigenvalue weighted by atomic mass is 32.2. The summed E-state index contributed by atoms with van der Waals surface area (Å²) in [6.45, 7) is 3.12. The van der Waals surface area contributed by atoms with Gasteiger partial charge in [0.15, 0.2) is 0 Å². The lowest BCUT2D eigenvalue weighted by molar-refractivity contribution is -0.0509. The molecule has 0 saturated heterocycles. The zero-order valence-electron chi connectivity index (χ0n) is 11.7. The Morgan fingerprint density at radius 3 is 2.09 bits per heavy atom. The Labute approximate surface area is 125 Å². The van der Waals surface area contributed by atoms with Gasteiger partial charge >= 0.3 is 21.6 Å². The molecule has 1 rings (SSSR count). The molecule has 0 aromatic heterocycles. The second-order valence-corrected chi connectivity index (χ2v) is 5.47. The molecule has 0 radical (unpaired) electrons. The quantitative estimate of drug-likeness (QED) is 0.357. The van der Waals surface area contributed by atoms with E-state index in [1.165, 1.54) is 31.2 Å². The molecule has 9 heteroatoms. The molecule has 22 heavy (non-hydrogen) atoms. The number of rotatable bonds is 5. The number of alkyl halides is 3. The summed E-state index contributed by atoms with van der Waals surface area (Å²) in [5.74, 6) is -1.09. The minimum Gasteiger partial charge on any atom is -0.462 e. The fourth-order valence-electron chi connectivity index (χ4n) is 1.41. The zero-order chi connectivity index (χ0) is 17.0. The van der Waals surface area contributed by atoms with Gasteiger partial charge in [0, 0.05) is 5.56 Å². The molecule has 122 valence electrons. The molecular formula is C13H13F3O5S. The second-order valence-electron chi connectivity index (χ2n) is 3.93. The fourth-order valence-corrected chi connectivity index (χ4v) is 1.94. The van der Waals surface area contributed by atoms with Crippen LogP contribution in [0.4, 0.5) is 13.2 Å². The number of benzene rings is 1. The van der Waals surface area contributed by atoms with Gasteiger partial charge in [-0.3, -0.25) is 0 Å². The number of halogens is 3. The molecule has 1 aromatic carbocycles. The van der Waals surface area contributed by atoms with Crippen LogP contribution in [-0.2, 0) is 19.0 Å². The van der Waals surface area contributed by atoms with Crippen LogP contribution in [0.1, 0.15) is 29.8 Å². The predicted molar refractivity (Wildman–Crippen MR) is 72.1 cm³/mol. The van der Waals surface area contributed by atoms with Gasteiger partial charge in [0.1, 0.15) is 5.76 Å². The molecule has 0 aliphatic carbocycles. The number of ether oxygens (including phenoxy) is 1. The number of esters is 1. The smallest absolute Gasteiger partial charge is 0.462 e. The van der Waals surface area contributed by atoms with E-state index in [4.69, 9.17) is 4.74 Å². The molecular weight excluding hydrogens is 325 g/mol. The molecule has 0 heterocycles. The van der Waals surface area contributed by atoms with Crippen LogP contribution in [0.3, 0.4) is 0 Å². The number of carbonyl (C=O) groups is 1. The van der Waals surface area contributed by atoms with Crippen molar-refractivity contribution in [2.45, 2.75) is 19.4 Å². The van der Waals surface area contributed by atoms with E-state index >= 15 is 0 Å². The van der Waals surface area contributed by atoms with Crippen molar-refractivity contribution in [2.75, 3.05) is 6.61 Å². The van der Waals surface area contributed by atoms with Gasteiger partial charge in [0.2, 0.25) is 0 Å². The first kappa shape index (κ1) is 18.0. The molecule has 1 aromatic rings. The molecule has 0 fully saturated rings. The maximum Gasteiger partial charge on any atom is 0.534 e. The topological polar surface area (TPSA) is 69.7 Å². The van der Waals surface area contributed by atoms with Crippen LogP contribution in [-0.4, -0.2) is 26.5 Å². The van der Waals surface area contributed by atoms with E-state index in [0.29, 0.717) is 0 Å². The van der Waals surface area contributed by atoms with Gasteiger partial charge in [-0.1, -0.05) is 12.1 Å². The van der Waals surface area contributed by atoms with Crippen molar-refractivity contribution in [2.24, 2.45) is 0 Å². The van der Waals surface area contributed by atoms with Gasteiger partial charge < -0.3 is 8.92 Å². The molecule has 0 N–H and O–H groups in total. The number of carbonyl (C=O) groups excluding carboxylic acids is 1. The van der Waals surface area contributed by atoms with Crippen LogP contribution >= 0.6 is 0 Å². The molecule has 0 aliphatic rings. The van der Waals surface area contributed by atoms with Gasteiger partial charge in [0.25, 0.3) is 0 Å². The summed E-state index contributed by atoms with van der Waals surface area (Å²) >= 11 is 0. The van der Waals surface area contributed by atoms with Crippen molar-refractivity contribution in [3.8, 4) is 0 Å². The largest absolute Gasteiger partial charge is 0.534 e. The van der Waals surface area contributed by atoms with E-state index in [2.05, 4.69) is 4.18 Å². The van der Waals surface area contributed by atoms with Crippen molar-refractivity contribution < 1.29 is 35.3 Å². The number of hydrogen-bond acceptors (Lipinski definition) is 5. The molecule has 5 nitrogen and oxygen atoms in total. The minimum absolute atomic E-state index is 0.0726. The maximum absolute atomic E-state index is 12.3. The van der Waals surface area contributed by atoms with Gasteiger partial charge in [-0.15, -0.1) is 0 Å². The highest BCUT2D eigenvalue weighted by Crippen LogP contribution is 2.29. The lowest BCUT2D eigenvalue weighted by Gasteiger charge is -2.12. The number of hydrogen-bond donors (Lipinski definition) is 0. The summed E-state index contributed by atoms with van der Waals surface area (Å²) < 4.78 is 67.7. The summed E-state index contributed by atoms with van der Waals surface area (Å²) in [6.07, 6.45) is 1.07. The summed E-state index contributed by atoms with van der Waals surface area (Å²) in [5.41, 5.74) is -5.27.